The van der Waals surface area contributed by atoms with E-state index in [9.17, 15) is 9.90 Å². The number of carbonyl (C=O) groups is 1. The lowest BCUT2D eigenvalue weighted by atomic mass is 9.91. The molecule has 3 unspecified atom stereocenters. The summed E-state index contributed by atoms with van der Waals surface area (Å²) in [6, 6.07) is 0. The Morgan fingerprint density at radius 2 is 1.43 bits per heavy atom. The molecule has 0 aliphatic heterocycles. The highest BCUT2D eigenvalue weighted by Gasteiger charge is 2.09. The van der Waals surface area contributed by atoms with Gasteiger partial charge in [-0.2, -0.15) is 0 Å². The molecule has 0 rings (SSSR count). The Morgan fingerprint density at radius 1 is 0.905 bits per heavy atom. The van der Waals surface area contributed by atoms with E-state index >= 15 is 0 Å². The molecule has 0 aromatic heterocycles. The molecule has 0 saturated heterocycles. The average Bonchev–Trinajstić information content (AvgIpc) is 2.40. The van der Waals surface area contributed by atoms with E-state index in [-0.39, 0.29) is 6.42 Å². The van der Waals surface area contributed by atoms with Gasteiger partial charge in [0.1, 0.15) is 0 Å². The minimum absolute atomic E-state index is 0.117. The van der Waals surface area contributed by atoms with E-state index in [0.717, 1.165) is 24.7 Å². The number of hydrogen-bond acceptors (Lipinski definition) is 2. The first-order valence-corrected chi connectivity index (χ1v) is 8.85. The van der Waals surface area contributed by atoms with E-state index in [1.54, 1.807) is 0 Å². The summed E-state index contributed by atoms with van der Waals surface area (Å²) >= 11 is 0. The molecule has 0 amide bonds. The molecule has 0 spiro atoms. The predicted octanol–water partition coefficient (Wildman–Crippen LogP) is 5.02. The van der Waals surface area contributed by atoms with Gasteiger partial charge in [0.25, 0.3) is 0 Å². The van der Waals surface area contributed by atoms with Crippen molar-refractivity contribution in [1.82, 2.24) is 0 Å². The van der Waals surface area contributed by atoms with Crippen LogP contribution in [-0.4, -0.2) is 22.3 Å². The lowest BCUT2D eigenvalue weighted by Crippen LogP contribution is -2.12. The molecule has 21 heavy (non-hydrogen) atoms. The molecule has 0 aromatic rings. The van der Waals surface area contributed by atoms with Crippen molar-refractivity contribution in [2.45, 2.75) is 97.5 Å². The SMILES string of the molecule is CCC(C)CC(C)CCCCCCCCC(O)CC(=O)O. The quantitative estimate of drug-likeness (QED) is 0.443. The van der Waals surface area contributed by atoms with Crippen LogP contribution < -0.4 is 0 Å². The van der Waals surface area contributed by atoms with Gasteiger partial charge in [0, 0.05) is 0 Å². The molecule has 0 aliphatic carbocycles. The Labute approximate surface area is 131 Å². The van der Waals surface area contributed by atoms with Crippen molar-refractivity contribution in [2.24, 2.45) is 11.8 Å². The summed E-state index contributed by atoms with van der Waals surface area (Å²) in [6.45, 7) is 6.98. The number of aliphatic hydroxyl groups is 1. The van der Waals surface area contributed by atoms with E-state index < -0.39 is 12.1 Å². The van der Waals surface area contributed by atoms with Crippen LogP contribution in [0, 0.1) is 11.8 Å². The van der Waals surface area contributed by atoms with E-state index in [4.69, 9.17) is 5.11 Å². The fraction of sp³-hybridized carbons (Fsp3) is 0.944. The van der Waals surface area contributed by atoms with Crippen molar-refractivity contribution < 1.29 is 15.0 Å². The second-order valence-electron chi connectivity index (χ2n) is 6.80. The van der Waals surface area contributed by atoms with Crippen molar-refractivity contribution in [1.29, 1.82) is 0 Å². The van der Waals surface area contributed by atoms with Crippen molar-refractivity contribution in [3.05, 3.63) is 0 Å². The van der Waals surface area contributed by atoms with Gasteiger partial charge in [0.2, 0.25) is 0 Å². The topological polar surface area (TPSA) is 57.5 Å². The largest absolute Gasteiger partial charge is 0.481 e. The maximum atomic E-state index is 10.4. The molecular formula is C18H36O3. The van der Waals surface area contributed by atoms with Crippen LogP contribution in [0.1, 0.15) is 91.4 Å². The standard InChI is InChI=1S/C18H36O3/c1-4-15(2)13-16(3)11-9-7-5-6-8-10-12-17(19)14-18(20)21/h15-17,19H,4-14H2,1-3H3,(H,20,21). The summed E-state index contributed by atoms with van der Waals surface area (Å²) in [4.78, 5) is 10.4. The molecule has 126 valence electrons. The van der Waals surface area contributed by atoms with Gasteiger partial charge in [-0.3, -0.25) is 4.79 Å². The first-order valence-electron chi connectivity index (χ1n) is 8.85. The summed E-state index contributed by atoms with van der Waals surface area (Å²) in [5.74, 6) is 0.803. The van der Waals surface area contributed by atoms with E-state index in [2.05, 4.69) is 20.8 Å². The number of aliphatic carboxylic acids is 1. The monoisotopic (exact) mass is 300 g/mol. The summed E-state index contributed by atoms with van der Waals surface area (Å²) in [5.41, 5.74) is 0. The summed E-state index contributed by atoms with van der Waals surface area (Å²) in [7, 11) is 0. The molecular weight excluding hydrogens is 264 g/mol. The highest BCUT2D eigenvalue weighted by molar-refractivity contribution is 5.67. The highest BCUT2D eigenvalue weighted by atomic mass is 16.4. The van der Waals surface area contributed by atoms with Gasteiger partial charge in [0.15, 0.2) is 0 Å². The van der Waals surface area contributed by atoms with Crippen LogP contribution in [0.2, 0.25) is 0 Å². The Kier molecular flexibility index (Phi) is 12.8. The van der Waals surface area contributed by atoms with Gasteiger partial charge in [-0.15, -0.1) is 0 Å². The Bertz CT molecular complexity index is 253. The van der Waals surface area contributed by atoms with Crippen LogP contribution >= 0.6 is 0 Å². The molecule has 3 heteroatoms. The molecule has 3 atom stereocenters. The second-order valence-corrected chi connectivity index (χ2v) is 6.80. The van der Waals surface area contributed by atoms with Crippen molar-refractivity contribution in [3.8, 4) is 0 Å². The fourth-order valence-corrected chi connectivity index (χ4v) is 2.85. The normalized spacial score (nSPS) is 15.6. The summed E-state index contributed by atoms with van der Waals surface area (Å²) in [5, 5.41) is 18.0. The van der Waals surface area contributed by atoms with Crippen molar-refractivity contribution in [2.75, 3.05) is 0 Å². The van der Waals surface area contributed by atoms with Crippen LogP contribution in [0.5, 0.6) is 0 Å². The smallest absolute Gasteiger partial charge is 0.305 e. The Hall–Kier alpha value is -0.570. The van der Waals surface area contributed by atoms with Gasteiger partial charge in [-0.1, -0.05) is 72.1 Å². The first kappa shape index (κ1) is 20.4. The zero-order valence-electron chi connectivity index (χ0n) is 14.3. The highest BCUT2D eigenvalue weighted by Crippen LogP contribution is 2.20. The van der Waals surface area contributed by atoms with Gasteiger partial charge in [-0.05, 0) is 24.7 Å². The second kappa shape index (κ2) is 13.1. The minimum atomic E-state index is -0.908. The number of rotatable bonds is 14. The third-order valence-corrected chi connectivity index (χ3v) is 4.40. The fourth-order valence-electron chi connectivity index (χ4n) is 2.85. The number of unbranched alkanes of at least 4 members (excludes halogenated alkanes) is 5. The minimum Gasteiger partial charge on any atom is -0.481 e. The van der Waals surface area contributed by atoms with Gasteiger partial charge >= 0.3 is 5.97 Å². The molecule has 3 nitrogen and oxygen atoms in total. The van der Waals surface area contributed by atoms with E-state index in [1.165, 1.54) is 44.9 Å². The molecule has 2 N–H and O–H groups in total. The lowest BCUT2D eigenvalue weighted by Gasteiger charge is -2.15. The van der Waals surface area contributed by atoms with Gasteiger partial charge < -0.3 is 10.2 Å². The molecule has 0 radical (unpaired) electrons. The van der Waals surface area contributed by atoms with Crippen LogP contribution in [0.4, 0.5) is 0 Å². The van der Waals surface area contributed by atoms with Crippen LogP contribution in [-0.2, 0) is 4.79 Å². The number of carboxylic acid groups (broad SMARTS) is 1. The number of aliphatic hydroxyl groups excluding tert-OH is 1. The van der Waals surface area contributed by atoms with Crippen LogP contribution in [0.15, 0.2) is 0 Å². The van der Waals surface area contributed by atoms with Gasteiger partial charge in [0.05, 0.1) is 12.5 Å². The molecule has 0 heterocycles. The molecule has 0 aromatic carbocycles. The third-order valence-electron chi connectivity index (χ3n) is 4.40. The van der Waals surface area contributed by atoms with E-state index in [0.29, 0.717) is 6.42 Å². The van der Waals surface area contributed by atoms with Crippen LogP contribution in [0.3, 0.4) is 0 Å². The maximum Gasteiger partial charge on any atom is 0.305 e. The Balaban J connectivity index is 3.31. The van der Waals surface area contributed by atoms with Crippen LogP contribution in [0.25, 0.3) is 0 Å². The lowest BCUT2D eigenvalue weighted by molar-refractivity contribution is -0.139. The maximum absolute atomic E-state index is 10.4. The van der Waals surface area contributed by atoms with Gasteiger partial charge in [-0.25, -0.2) is 0 Å². The third kappa shape index (κ3) is 14.1. The van der Waals surface area contributed by atoms with Crippen molar-refractivity contribution in [3.63, 3.8) is 0 Å². The summed E-state index contributed by atoms with van der Waals surface area (Å²) in [6.07, 6.45) is 11.0. The molecule has 0 aliphatic rings. The Morgan fingerprint density at radius 3 is 1.95 bits per heavy atom. The van der Waals surface area contributed by atoms with E-state index in [1.807, 2.05) is 0 Å². The molecule has 0 fully saturated rings. The average molecular weight is 300 g/mol. The zero-order chi connectivity index (χ0) is 16.1. The van der Waals surface area contributed by atoms with Crippen molar-refractivity contribution >= 4 is 5.97 Å². The first-order chi connectivity index (χ1) is 9.95. The molecule has 0 saturated carbocycles. The zero-order valence-corrected chi connectivity index (χ0v) is 14.3. The number of carboxylic acids is 1. The predicted molar refractivity (Wildman–Crippen MR) is 88.4 cm³/mol. The summed E-state index contributed by atoms with van der Waals surface area (Å²) < 4.78 is 0. The number of hydrogen-bond donors (Lipinski definition) is 2. The molecule has 0 bridgehead atoms.